The molecule has 1 N–H and O–H groups in total. The van der Waals surface area contributed by atoms with Gasteiger partial charge in [-0.1, -0.05) is 13.8 Å². The predicted octanol–water partition coefficient (Wildman–Crippen LogP) is 2.57. The van der Waals surface area contributed by atoms with Crippen molar-refractivity contribution in [1.29, 1.82) is 0 Å². The van der Waals surface area contributed by atoms with Crippen molar-refractivity contribution in [3.63, 3.8) is 0 Å². The van der Waals surface area contributed by atoms with Crippen LogP contribution >= 0.6 is 0 Å². The summed E-state index contributed by atoms with van der Waals surface area (Å²) >= 11 is 0. The summed E-state index contributed by atoms with van der Waals surface area (Å²) in [6.45, 7) is 7.26. The second-order valence-corrected chi connectivity index (χ2v) is 4.64. The van der Waals surface area contributed by atoms with E-state index in [1.54, 1.807) is 12.5 Å². The van der Waals surface area contributed by atoms with Gasteiger partial charge in [0.2, 0.25) is 0 Å². The molecule has 2 rings (SSSR count). The van der Waals surface area contributed by atoms with Crippen LogP contribution in [0.15, 0.2) is 12.5 Å². The Hall–Kier alpha value is -1.91. The molecule has 0 aliphatic heterocycles. The van der Waals surface area contributed by atoms with Gasteiger partial charge in [-0.15, -0.1) is 0 Å². The lowest BCUT2D eigenvalue weighted by Crippen LogP contribution is -2.09. The maximum absolute atomic E-state index is 4.65. The van der Waals surface area contributed by atoms with E-state index in [9.17, 15) is 0 Å². The van der Waals surface area contributed by atoms with E-state index in [1.165, 1.54) is 0 Å². The van der Waals surface area contributed by atoms with E-state index in [0.29, 0.717) is 0 Å². The van der Waals surface area contributed by atoms with Gasteiger partial charge in [-0.2, -0.15) is 0 Å². The van der Waals surface area contributed by atoms with E-state index in [0.717, 1.165) is 48.0 Å². The summed E-state index contributed by atoms with van der Waals surface area (Å²) < 4.78 is 1.94. The number of nitrogens with zero attached hydrogens (tertiary/aromatic N) is 4. The van der Waals surface area contributed by atoms with Gasteiger partial charge in [-0.25, -0.2) is 15.0 Å². The lowest BCUT2D eigenvalue weighted by molar-refractivity contribution is 0.891. The Balaban J connectivity index is 2.47. The zero-order chi connectivity index (χ0) is 13.8. The first-order valence-corrected chi connectivity index (χ1v) is 6.75. The summed E-state index contributed by atoms with van der Waals surface area (Å²) in [5.41, 5.74) is 3.17. The number of rotatable bonds is 5. The van der Waals surface area contributed by atoms with Crippen molar-refractivity contribution >= 4 is 5.82 Å². The van der Waals surface area contributed by atoms with Gasteiger partial charge in [0.25, 0.3) is 0 Å². The van der Waals surface area contributed by atoms with Gasteiger partial charge in [-0.05, 0) is 19.8 Å². The van der Waals surface area contributed by atoms with Crippen LogP contribution in [-0.2, 0) is 13.5 Å². The quantitative estimate of drug-likeness (QED) is 0.896. The lowest BCUT2D eigenvalue weighted by Gasteiger charge is -2.13. The van der Waals surface area contributed by atoms with Gasteiger partial charge in [0.15, 0.2) is 5.82 Å². The topological polar surface area (TPSA) is 55.6 Å². The molecule has 5 nitrogen and oxygen atoms in total. The standard InChI is InChI=1S/C14H21N5/c1-5-7-16-13-10(3)11(6-2)17-14(18-13)12-8-15-9-19(12)4/h8-9H,5-7H2,1-4H3,(H,16,17,18). The molecule has 0 spiro atoms. The molecule has 0 radical (unpaired) electrons. The monoisotopic (exact) mass is 259 g/mol. The molecule has 102 valence electrons. The molecule has 19 heavy (non-hydrogen) atoms. The molecule has 0 fully saturated rings. The number of aryl methyl sites for hydroxylation is 2. The van der Waals surface area contributed by atoms with Gasteiger partial charge in [-0.3, -0.25) is 0 Å². The number of nitrogens with one attached hydrogen (secondary N) is 1. The number of imidazole rings is 1. The fraction of sp³-hybridized carbons (Fsp3) is 0.500. The summed E-state index contributed by atoms with van der Waals surface area (Å²) in [5, 5.41) is 3.38. The molecule has 0 bridgehead atoms. The van der Waals surface area contributed by atoms with Gasteiger partial charge in [0.1, 0.15) is 11.5 Å². The minimum Gasteiger partial charge on any atom is -0.370 e. The SMILES string of the molecule is CCCNc1nc(-c2cncn2C)nc(CC)c1C. The highest BCUT2D eigenvalue weighted by atomic mass is 15.1. The molecule has 0 saturated heterocycles. The zero-order valence-corrected chi connectivity index (χ0v) is 12.1. The summed E-state index contributed by atoms with van der Waals surface area (Å²) in [5.74, 6) is 1.67. The Labute approximate surface area is 114 Å². The summed E-state index contributed by atoms with van der Waals surface area (Å²) in [4.78, 5) is 13.4. The van der Waals surface area contributed by atoms with Crippen LogP contribution < -0.4 is 5.32 Å². The first-order valence-electron chi connectivity index (χ1n) is 6.75. The molecule has 2 aromatic heterocycles. The van der Waals surface area contributed by atoms with Crippen molar-refractivity contribution < 1.29 is 0 Å². The minimum atomic E-state index is 0.737. The molecule has 0 atom stereocenters. The maximum Gasteiger partial charge on any atom is 0.180 e. The third-order valence-electron chi connectivity index (χ3n) is 3.17. The maximum atomic E-state index is 4.65. The van der Waals surface area contributed by atoms with Crippen molar-refractivity contribution in [2.45, 2.75) is 33.6 Å². The summed E-state index contributed by atoms with van der Waals surface area (Å²) in [7, 11) is 1.95. The average Bonchev–Trinajstić information content (AvgIpc) is 2.84. The molecule has 0 saturated carbocycles. The van der Waals surface area contributed by atoms with Crippen molar-refractivity contribution in [2.75, 3.05) is 11.9 Å². The fourth-order valence-corrected chi connectivity index (χ4v) is 2.01. The van der Waals surface area contributed by atoms with Crippen LogP contribution in [0.4, 0.5) is 5.82 Å². The summed E-state index contributed by atoms with van der Waals surface area (Å²) in [6.07, 6.45) is 5.54. The molecular formula is C14H21N5. The second kappa shape index (κ2) is 5.82. The highest BCUT2D eigenvalue weighted by Gasteiger charge is 2.12. The molecule has 0 amide bonds. The first kappa shape index (κ1) is 13.5. The first-order chi connectivity index (χ1) is 9.17. The third kappa shape index (κ3) is 2.75. The van der Waals surface area contributed by atoms with Gasteiger partial charge in [0.05, 0.1) is 12.5 Å². The van der Waals surface area contributed by atoms with Crippen LogP contribution in [0, 0.1) is 6.92 Å². The van der Waals surface area contributed by atoms with Crippen LogP contribution in [0.1, 0.15) is 31.5 Å². The highest BCUT2D eigenvalue weighted by molar-refractivity contribution is 5.56. The minimum absolute atomic E-state index is 0.737. The van der Waals surface area contributed by atoms with Gasteiger partial charge < -0.3 is 9.88 Å². The van der Waals surface area contributed by atoms with Crippen molar-refractivity contribution in [3.8, 4) is 11.5 Å². The van der Waals surface area contributed by atoms with E-state index < -0.39 is 0 Å². The van der Waals surface area contributed by atoms with E-state index in [-0.39, 0.29) is 0 Å². The Bertz CT molecular complexity index is 559. The normalized spacial score (nSPS) is 10.7. The third-order valence-corrected chi connectivity index (χ3v) is 3.17. The molecule has 5 heteroatoms. The Morgan fingerprint density at radius 2 is 2.05 bits per heavy atom. The predicted molar refractivity (Wildman–Crippen MR) is 77.1 cm³/mol. The van der Waals surface area contributed by atoms with E-state index in [2.05, 4.69) is 41.0 Å². The van der Waals surface area contributed by atoms with Crippen LogP contribution in [0.3, 0.4) is 0 Å². The van der Waals surface area contributed by atoms with Gasteiger partial charge in [0, 0.05) is 24.8 Å². The Morgan fingerprint density at radius 3 is 2.63 bits per heavy atom. The average molecular weight is 259 g/mol. The van der Waals surface area contributed by atoms with Crippen LogP contribution in [0.25, 0.3) is 11.5 Å². The largest absolute Gasteiger partial charge is 0.370 e. The highest BCUT2D eigenvalue weighted by Crippen LogP contribution is 2.21. The molecular weight excluding hydrogens is 238 g/mol. The van der Waals surface area contributed by atoms with Crippen molar-refractivity contribution in [1.82, 2.24) is 19.5 Å². The Kier molecular flexibility index (Phi) is 4.14. The van der Waals surface area contributed by atoms with Gasteiger partial charge >= 0.3 is 0 Å². The fourth-order valence-electron chi connectivity index (χ4n) is 2.01. The van der Waals surface area contributed by atoms with E-state index >= 15 is 0 Å². The molecule has 0 unspecified atom stereocenters. The van der Waals surface area contributed by atoms with Crippen molar-refractivity contribution in [3.05, 3.63) is 23.8 Å². The zero-order valence-electron chi connectivity index (χ0n) is 12.1. The molecule has 2 aromatic rings. The molecule has 0 aromatic carbocycles. The number of anilines is 1. The number of hydrogen-bond donors (Lipinski definition) is 1. The van der Waals surface area contributed by atoms with E-state index in [4.69, 9.17) is 0 Å². The van der Waals surface area contributed by atoms with Crippen LogP contribution in [0.5, 0.6) is 0 Å². The second-order valence-electron chi connectivity index (χ2n) is 4.64. The van der Waals surface area contributed by atoms with Crippen LogP contribution in [0.2, 0.25) is 0 Å². The van der Waals surface area contributed by atoms with Crippen molar-refractivity contribution in [2.24, 2.45) is 7.05 Å². The van der Waals surface area contributed by atoms with Crippen LogP contribution in [-0.4, -0.2) is 26.1 Å². The Morgan fingerprint density at radius 1 is 1.26 bits per heavy atom. The number of hydrogen-bond acceptors (Lipinski definition) is 4. The molecule has 0 aliphatic rings. The smallest absolute Gasteiger partial charge is 0.180 e. The molecule has 0 aliphatic carbocycles. The summed E-state index contributed by atoms with van der Waals surface area (Å²) in [6, 6.07) is 0. The number of aromatic nitrogens is 4. The lowest BCUT2D eigenvalue weighted by atomic mass is 10.2. The van der Waals surface area contributed by atoms with E-state index in [1.807, 2.05) is 11.6 Å². The molecule has 2 heterocycles.